The van der Waals surface area contributed by atoms with E-state index in [2.05, 4.69) is 4.98 Å². The maximum atomic E-state index is 5.32. The Morgan fingerprint density at radius 2 is 2.15 bits per heavy atom. The van der Waals surface area contributed by atoms with Crippen LogP contribution in [-0.2, 0) is 0 Å². The highest BCUT2D eigenvalue weighted by molar-refractivity contribution is 7.99. The Labute approximate surface area is 83.1 Å². The molecule has 0 unspecified atom stereocenters. The van der Waals surface area contributed by atoms with Crippen molar-refractivity contribution in [1.29, 1.82) is 0 Å². The maximum absolute atomic E-state index is 5.32. The van der Waals surface area contributed by atoms with Crippen LogP contribution in [0, 0.1) is 6.92 Å². The third kappa shape index (κ3) is 2.50. The molecule has 13 heavy (non-hydrogen) atoms. The van der Waals surface area contributed by atoms with Gasteiger partial charge in [0.2, 0.25) is 0 Å². The molecule has 0 radical (unpaired) electrons. The smallest absolute Gasteiger partial charge is 0.256 e. The zero-order valence-electron chi connectivity index (χ0n) is 7.95. The van der Waals surface area contributed by atoms with Gasteiger partial charge in [-0.2, -0.15) is 0 Å². The van der Waals surface area contributed by atoms with Crippen molar-refractivity contribution < 1.29 is 4.42 Å². The highest BCUT2D eigenvalue weighted by Gasteiger charge is 2.16. The molecule has 1 heterocycles. The van der Waals surface area contributed by atoms with E-state index in [1.807, 2.05) is 18.7 Å². The molecule has 0 bridgehead atoms. The summed E-state index contributed by atoms with van der Waals surface area (Å²) in [6.45, 7) is 1.97. The number of nitrogens with zero attached hydrogens (tertiary/aromatic N) is 1. The van der Waals surface area contributed by atoms with Gasteiger partial charge in [-0.05, 0) is 19.8 Å². The first-order valence-corrected chi connectivity index (χ1v) is 5.81. The van der Waals surface area contributed by atoms with Gasteiger partial charge in [0.25, 0.3) is 5.22 Å². The fourth-order valence-corrected chi connectivity index (χ4v) is 2.87. The second-order valence-electron chi connectivity index (χ2n) is 3.63. The zero-order chi connectivity index (χ0) is 9.10. The summed E-state index contributed by atoms with van der Waals surface area (Å²) in [5.74, 6) is 0. The molecule has 72 valence electrons. The minimum Gasteiger partial charge on any atom is -0.440 e. The minimum absolute atomic E-state index is 0.742. The summed E-state index contributed by atoms with van der Waals surface area (Å²) in [6.07, 6.45) is 8.53. The summed E-state index contributed by atoms with van der Waals surface area (Å²) in [4.78, 5) is 4.30. The Morgan fingerprint density at radius 1 is 1.38 bits per heavy atom. The molecule has 1 aromatic heterocycles. The highest BCUT2D eigenvalue weighted by Crippen LogP contribution is 2.32. The molecule has 0 spiro atoms. The predicted molar refractivity (Wildman–Crippen MR) is 54.0 cm³/mol. The molecule has 2 rings (SSSR count). The van der Waals surface area contributed by atoms with Gasteiger partial charge in [-0.1, -0.05) is 31.0 Å². The number of aromatic nitrogens is 1. The molecule has 0 aromatic carbocycles. The lowest BCUT2D eigenvalue weighted by atomic mass is 10.0. The van der Waals surface area contributed by atoms with Crippen LogP contribution in [-0.4, -0.2) is 10.2 Å². The van der Waals surface area contributed by atoms with Gasteiger partial charge in [0.05, 0.1) is 5.69 Å². The second kappa shape index (κ2) is 4.18. The molecule has 1 aromatic rings. The van der Waals surface area contributed by atoms with E-state index in [-0.39, 0.29) is 0 Å². The van der Waals surface area contributed by atoms with Crippen molar-refractivity contribution >= 4 is 11.8 Å². The van der Waals surface area contributed by atoms with Gasteiger partial charge >= 0.3 is 0 Å². The lowest BCUT2D eigenvalue weighted by molar-refractivity contribution is 0.447. The number of hydrogen-bond donors (Lipinski definition) is 0. The van der Waals surface area contributed by atoms with E-state index in [1.54, 1.807) is 6.26 Å². The number of rotatable bonds is 2. The summed E-state index contributed by atoms with van der Waals surface area (Å²) < 4.78 is 5.32. The first kappa shape index (κ1) is 9.13. The fraction of sp³-hybridized carbons (Fsp3) is 0.700. The lowest BCUT2D eigenvalue weighted by Crippen LogP contribution is -2.07. The molecule has 1 aliphatic carbocycles. The molecule has 1 aliphatic rings. The molecular weight excluding hydrogens is 182 g/mol. The van der Waals surface area contributed by atoms with E-state index in [0.29, 0.717) is 0 Å². The highest BCUT2D eigenvalue weighted by atomic mass is 32.2. The van der Waals surface area contributed by atoms with Crippen molar-refractivity contribution in [2.45, 2.75) is 49.5 Å². The van der Waals surface area contributed by atoms with Gasteiger partial charge in [0, 0.05) is 5.25 Å². The van der Waals surface area contributed by atoms with Crippen LogP contribution in [0.3, 0.4) is 0 Å². The van der Waals surface area contributed by atoms with Gasteiger partial charge < -0.3 is 4.42 Å². The lowest BCUT2D eigenvalue weighted by Gasteiger charge is -2.18. The second-order valence-corrected chi connectivity index (χ2v) is 4.88. The van der Waals surface area contributed by atoms with Crippen LogP contribution in [0.1, 0.15) is 37.8 Å². The van der Waals surface area contributed by atoms with Crippen LogP contribution >= 0.6 is 11.8 Å². The van der Waals surface area contributed by atoms with Crippen molar-refractivity contribution in [3.8, 4) is 0 Å². The molecule has 0 aliphatic heterocycles. The van der Waals surface area contributed by atoms with Gasteiger partial charge in [0.15, 0.2) is 0 Å². The Hall–Kier alpha value is -0.440. The molecular formula is C10H15NOS. The third-order valence-corrected chi connectivity index (χ3v) is 3.61. The Bertz CT molecular complexity index is 266. The number of oxazole rings is 1. The van der Waals surface area contributed by atoms with Crippen LogP contribution in [0.25, 0.3) is 0 Å². The van der Waals surface area contributed by atoms with Crippen LogP contribution < -0.4 is 0 Å². The average Bonchev–Trinajstić information content (AvgIpc) is 2.53. The summed E-state index contributed by atoms with van der Waals surface area (Å²) >= 11 is 1.81. The summed E-state index contributed by atoms with van der Waals surface area (Å²) in [5, 5.41) is 1.59. The van der Waals surface area contributed by atoms with Gasteiger partial charge in [0.1, 0.15) is 6.26 Å². The summed E-state index contributed by atoms with van der Waals surface area (Å²) in [7, 11) is 0. The van der Waals surface area contributed by atoms with Crippen molar-refractivity contribution in [2.75, 3.05) is 0 Å². The van der Waals surface area contributed by atoms with Crippen molar-refractivity contribution in [3.05, 3.63) is 12.0 Å². The quantitative estimate of drug-likeness (QED) is 0.726. The van der Waals surface area contributed by atoms with E-state index in [0.717, 1.165) is 16.2 Å². The van der Waals surface area contributed by atoms with Gasteiger partial charge in [-0.25, -0.2) is 4.98 Å². The van der Waals surface area contributed by atoms with E-state index < -0.39 is 0 Å². The summed E-state index contributed by atoms with van der Waals surface area (Å²) in [6, 6.07) is 0. The molecule has 0 amide bonds. The summed E-state index contributed by atoms with van der Waals surface area (Å²) in [5.41, 5.74) is 0.985. The first-order chi connectivity index (χ1) is 6.34. The number of aryl methyl sites for hydroxylation is 1. The molecule has 0 saturated heterocycles. The zero-order valence-corrected chi connectivity index (χ0v) is 8.77. The van der Waals surface area contributed by atoms with Crippen LogP contribution in [0.4, 0.5) is 0 Å². The van der Waals surface area contributed by atoms with E-state index in [1.165, 1.54) is 32.1 Å². The van der Waals surface area contributed by atoms with Crippen LogP contribution in [0.2, 0.25) is 0 Å². The van der Waals surface area contributed by atoms with Crippen molar-refractivity contribution in [2.24, 2.45) is 0 Å². The monoisotopic (exact) mass is 197 g/mol. The van der Waals surface area contributed by atoms with E-state index in [9.17, 15) is 0 Å². The Morgan fingerprint density at radius 3 is 2.77 bits per heavy atom. The van der Waals surface area contributed by atoms with Crippen LogP contribution in [0.15, 0.2) is 15.9 Å². The normalized spacial score (nSPS) is 19.2. The molecule has 0 N–H and O–H groups in total. The first-order valence-electron chi connectivity index (χ1n) is 4.93. The maximum Gasteiger partial charge on any atom is 0.256 e. The third-order valence-electron chi connectivity index (χ3n) is 2.42. The molecule has 3 heteroatoms. The van der Waals surface area contributed by atoms with Crippen molar-refractivity contribution in [1.82, 2.24) is 4.98 Å². The SMILES string of the molecule is Cc1coc(SC2CCCCC2)n1. The fourth-order valence-electron chi connectivity index (χ4n) is 1.71. The average molecular weight is 197 g/mol. The largest absolute Gasteiger partial charge is 0.440 e. The topological polar surface area (TPSA) is 26.0 Å². The van der Waals surface area contributed by atoms with Crippen molar-refractivity contribution in [3.63, 3.8) is 0 Å². The van der Waals surface area contributed by atoms with E-state index >= 15 is 0 Å². The molecule has 1 fully saturated rings. The van der Waals surface area contributed by atoms with Gasteiger partial charge in [-0.15, -0.1) is 0 Å². The molecule has 2 nitrogen and oxygen atoms in total. The Balaban J connectivity index is 1.89. The minimum atomic E-state index is 0.742. The number of thioether (sulfide) groups is 1. The Kier molecular flexibility index (Phi) is 2.94. The molecule has 1 saturated carbocycles. The number of hydrogen-bond acceptors (Lipinski definition) is 3. The van der Waals surface area contributed by atoms with E-state index in [4.69, 9.17) is 4.42 Å². The van der Waals surface area contributed by atoms with Gasteiger partial charge in [-0.3, -0.25) is 0 Å². The molecule has 0 atom stereocenters. The predicted octanol–water partition coefficient (Wildman–Crippen LogP) is 3.41. The van der Waals surface area contributed by atoms with Crippen LogP contribution in [0.5, 0.6) is 0 Å². The standard InChI is InChI=1S/C10H15NOS/c1-8-7-12-10(11-8)13-9-5-3-2-4-6-9/h7,9H,2-6H2,1H3.